The van der Waals surface area contributed by atoms with E-state index in [1.165, 1.54) is 0 Å². The molecule has 1 aromatic heterocycles. The fraction of sp³-hybridized carbons (Fsp3) is 0.364. The van der Waals surface area contributed by atoms with Gasteiger partial charge in [-0.15, -0.1) is 24.2 Å². The van der Waals surface area contributed by atoms with Gasteiger partial charge in [-0.25, -0.2) is 4.98 Å². The smallest absolute Gasteiger partial charge is 0.261 e. The highest BCUT2D eigenvalue weighted by Gasteiger charge is 2.24. The first-order valence-electron chi connectivity index (χ1n) is 9.50. The second-order valence-corrected chi connectivity index (χ2v) is 8.90. The zero-order valence-electron chi connectivity index (χ0n) is 18.0. The summed E-state index contributed by atoms with van der Waals surface area (Å²) in [5.41, 5.74) is 2.67. The summed E-state index contributed by atoms with van der Waals surface area (Å²) in [6.45, 7) is 3.58. The molecule has 0 atom stereocenters. The van der Waals surface area contributed by atoms with Gasteiger partial charge in [0.25, 0.3) is 5.91 Å². The zero-order valence-corrected chi connectivity index (χ0v) is 20.4. The molecule has 1 heterocycles. The average molecular weight is 466 g/mol. The van der Waals surface area contributed by atoms with E-state index < -0.39 is 0 Å². The molecule has 1 amide bonds. The molecule has 0 saturated heterocycles. The molecule has 30 heavy (non-hydrogen) atoms. The van der Waals surface area contributed by atoms with Crippen LogP contribution in [0, 0.1) is 6.92 Å². The van der Waals surface area contributed by atoms with Gasteiger partial charge in [0.15, 0.2) is 5.13 Å². The van der Waals surface area contributed by atoms with E-state index in [-0.39, 0.29) is 18.3 Å². The molecular weight excluding hydrogens is 438 g/mol. The van der Waals surface area contributed by atoms with Crippen LogP contribution in [0.4, 0.5) is 5.13 Å². The molecule has 0 aliphatic heterocycles. The number of aryl methyl sites for hydroxylation is 1. The third kappa shape index (κ3) is 5.27. The number of methoxy groups -OCH3 is 1. The van der Waals surface area contributed by atoms with Gasteiger partial charge in [0, 0.05) is 11.4 Å². The highest BCUT2D eigenvalue weighted by molar-refractivity contribution is 7.98. The fourth-order valence-electron chi connectivity index (χ4n) is 3.17. The normalized spacial score (nSPS) is 10.9. The minimum atomic E-state index is -0.00983. The quantitative estimate of drug-likeness (QED) is 0.419. The second-order valence-electron chi connectivity index (χ2n) is 7.07. The van der Waals surface area contributed by atoms with Crippen molar-refractivity contribution >= 4 is 56.8 Å². The number of rotatable bonds is 8. The second kappa shape index (κ2) is 11.0. The van der Waals surface area contributed by atoms with E-state index in [9.17, 15) is 4.79 Å². The molecule has 2 aromatic carbocycles. The standard InChI is InChI=1S/C22H27N3O2S2.ClH/c1-15-11-12-17(27-4)19-20(15)29-22(23-19)25(14-8-13-24(2)3)21(26)16-9-6-7-10-18(16)28-5;/h6-7,9-12H,8,13-14H2,1-5H3;1H. The third-order valence-corrected chi connectivity index (χ3v) is 6.72. The van der Waals surface area contributed by atoms with Crippen LogP contribution in [0.15, 0.2) is 41.3 Å². The summed E-state index contributed by atoms with van der Waals surface area (Å²) in [5, 5.41) is 0.715. The Kier molecular flexibility index (Phi) is 8.97. The third-order valence-electron chi connectivity index (χ3n) is 4.71. The number of ether oxygens (including phenoxy) is 1. The Morgan fingerprint density at radius 1 is 1.17 bits per heavy atom. The van der Waals surface area contributed by atoms with Crippen molar-refractivity contribution in [2.24, 2.45) is 0 Å². The average Bonchev–Trinajstić information content (AvgIpc) is 3.17. The topological polar surface area (TPSA) is 45.7 Å². The lowest BCUT2D eigenvalue weighted by Gasteiger charge is -2.22. The molecule has 0 unspecified atom stereocenters. The van der Waals surface area contributed by atoms with Gasteiger partial charge in [-0.05, 0) is 64.0 Å². The van der Waals surface area contributed by atoms with Crippen molar-refractivity contribution in [3.8, 4) is 5.75 Å². The maximum absolute atomic E-state index is 13.6. The van der Waals surface area contributed by atoms with Crippen LogP contribution in [0.1, 0.15) is 22.3 Å². The number of fused-ring (bicyclic) bond motifs is 1. The van der Waals surface area contributed by atoms with Crippen LogP contribution in [0.3, 0.4) is 0 Å². The van der Waals surface area contributed by atoms with Gasteiger partial charge in [0.1, 0.15) is 11.3 Å². The number of carbonyl (C=O) groups is 1. The minimum absolute atomic E-state index is 0. The number of aromatic nitrogens is 1. The van der Waals surface area contributed by atoms with E-state index in [1.807, 2.05) is 61.6 Å². The molecule has 0 N–H and O–H groups in total. The number of hydrogen-bond donors (Lipinski definition) is 0. The Morgan fingerprint density at radius 3 is 2.57 bits per heavy atom. The predicted octanol–water partition coefficient (Wildman–Crippen LogP) is 5.36. The van der Waals surface area contributed by atoms with E-state index in [0.717, 1.165) is 39.4 Å². The fourth-order valence-corrected chi connectivity index (χ4v) is 4.84. The van der Waals surface area contributed by atoms with Crippen LogP contribution < -0.4 is 9.64 Å². The van der Waals surface area contributed by atoms with Gasteiger partial charge in [0.2, 0.25) is 0 Å². The van der Waals surface area contributed by atoms with Crippen molar-refractivity contribution in [1.29, 1.82) is 0 Å². The van der Waals surface area contributed by atoms with Gasteiger partial charge >= 0.3 is 0 Å². The van der Waals surface area contributed by atoms with Crippen molar-refractivity contribution in [1.82, 2.24) is 9.88 Å². The lowest BCUT2D eigenvalue weighted by atomic mass is 10.2. The van der Waals surface area contributed by atoms with Crippen molar-refractivity contribution < 1.29 is 9.53 Å². The number of nitrogens with zero attached hydrogens (tertiary/aromatic N) is 3. The number of carbonyl (C=O) groups excluding carboxylic acids is 1. The molecule has 8 heteroatoms. The minimum Gasteiger partial charge on any atom is -0.494 e. The Morgan fingerprint density at radius 2 is 1.90 bits per heavy atom. The first-order valence-corrected chi connectivity index (χ1v) is 11.5. The Balaban J connectivity index is 0.00000320. The molecule has 0 radical (unpaired) electrons. The molecule has 0 aliphatic carbocycles. The Labute approximate surface area is 192 Å². The molecule has 162 valence electrons. The molecule has 0 saturated carbocycles. The van der Waals surface area contributed by atoms with Crippen molar-refractivity contribution in [2.75, 3.05) is 45.5 Å². The van der Waals surface area contributed by atoms with Crippen molar-refractivity contribution in [3.05, 3.63) is 47.5 Å². The number of benzene rings is 2. The lowest BCUT2D eigenvalue weighted by Crippen LogP contribution is -2.33. The summed E-state index contributed by atoms with van der Waals surface area (Å²) < 4.78 is 6.56. The maximum atomic E-state index is 13.6. The van der Waals surface area contributed by atoms with Crippen molar-refractivity contribution in [3.63, 3.8) is 0 Å². The van der Waals surface area contributed by atoms with Crippen LogP contribution in [-0.4, -0.2) is 56.3 Å². The summed E-state index contributed by atoms with van der Waals surface area (Å²) in [7, 11) is 5.74. The molecule has 0 fully saturated rings. The molecular formula is C22H28ClN3O2S2. The SMILES string of the molecule is COc1ccc(C)c2sc(N(CCCN(C)C)C(=O)c3ccccc3SC)nc12.Cl. The van der Waals surface area contributed by atoms with Gasteiger partial charge in [-0.3, -0.25) is 9.69 Å². The van der Waals surface area contributed by atoms with Crippen LogP contribution in [0.5, 0.6) is 5.75 Å². The lowest BCUT2D eigenvalue weighted by molar-refractivity contribution is 0.0983. The molecule has 3 aromatic rings. The van der Waals surface area contributed by atoms with Crippen molar-refractivity contribution in [2.45, 2.75) is 18.2 Å². The molecule has 0 spiro atoms. The predicted molar refractivity (Wildman–Crippen MR) is 131 cm³/mol. The first kappa shape index (κ1) is 24.5. The van der Waals surface area contributed by atoms with Gasteiger partial charge in [0.05, 0.1) is 17.4 Å². The number of thiazole rings is 1. The highest BCUT2D eigenvalue weighted by atomic mass is 35.5. The Bertz CT molecular complexity index is 1010. The van der Waals surface area contributed by atoms with Crippen LogP contribution in [0.2, 0.25) is 0 Å². The van der Waals surface area contributed by atoms with E-state index >= 15 is 0 Å². The highest BCUT2D eigenvalue weighted by Crippen LogP contribution is 2.37. The number of anilines is 1. The zero-order chi connectivity index (χ0) is 21.0. The van der Waals surface area contributed by atoms with Gasteiger partial charge < -0.3 is 9.64 Å². The van der Waals surface area contributed by atoms with Gasteiger partial charge in [-0.1, -0.05) is 29.5 Å². The van der Waals surface area contributed by atoms with E-state index in [4.69, 9.17) is 9.72 Å². The summed E-state index contributed by atoms with van der Waals surface area (Å²) >= 11 is 3.14. The maximum Gasteiger partial charge on any atom is 0.261 e. The van der Waals surface area contributed by atoms with Crippen LogP contribution >= 0.6 is 35.5 Å². The summed E-state index contributed by atoms with van der Waals surface area (Å²) in [4.78, 5) is 23.3. The van der Waals surface area contributed by atoms with Crippen LogP contribution in [-0.2, 0) is 0 Å². The molecule has 3 rings (SSSR count). The van der Waals surface area contributed by atoms with E-state index in [1.54, 1.807) is 30.2 Å². The molecule has 0 bridgehead atoms. The van der Waals surface area contributed by atoms with Gasteiger partial charge in [-0.2, -0.15) is 0 Å². The summed E-state index contributed by atoms with van der Waals surface area (Å²) in [5.74, 6) is 0.725. The Hall–Kier alpha value is -1.80. The van der Waals surface area contributed by atoms with E-state index in [0.29, 0.717) is 17.2 Å². The number of amides is 1. The summed E-state index contributed by atoms with van der Waals surface area (Å²) in [6, 6.07) is 11.7. The largest absolute Gasteiger partial charge is 0.494 e. The van der Waals surface area contributed by atoms with E-state index in [2.05, 4.69) is 11.8 Å². The monoisotopic (exact) mass is 465 g/mol. The number of thioether (sulfide) groups is 1. The number of hydrogen-bond acceptors (Lipinski definition) is 6. The first-order chi connectivity index (χ1) is 14.0. The summed E-state index contributed by atoms with van der Waals surface area (Å²) in [6.07, 6.45) is 2.86. The molecule has 5 nitrogen and oxygen atoms in total. The molecule has 0 aliphatic rings. The van der Waals surface area contributed by atoms with Crippen LogP contribution in [0.25, 0.3) is 10.2 Å². The number of halogens is 1.